The van der Waals surface area contributed by atoms with Crippen LogP contribution in [-0.4, -0.2) is 68.4 Å². The lowest BCUT2D eigenvalue weighted by Gasteiger charge is -2.37. The summed E-state index contributed by atoms with van der Waals surface area (Å²) in [7, 11) is 1.82. The molecule has 40 heavy (non-hydrogen) atoms. The molecule has 3 aliphatic rings. The summed E-state index contributed by atoms with van der Waals surface area (Å²) in [6.45, 7) is 2.11. The molecule has 1 saturated heterocycles. The van der Waals surface area contributed by atoms with E-state index in [2.05, 4.69) is 15.1 Å². The normalized spacial score (nSPS) is 27.4. The minimum Gasteiger partial charge on any atom is -0.473 e. The van der Waals surface area contributed by atoms with E-state index in [1.54, 1.807) is 13.0 Å². The molecule has 0 amide bonds. The third-order valence-electron chi connectivity index (χ3n) is 8.50. The quantitative estimate of drug-likeness (QED) is 0.177. The van der Waals surface area contributed by atoms with Gasteiger partial charge >= 0.3 is 0 Å². The van der Waals surface area contributed by atoms with Gasteiger partial charge in [0.15, 0.2) is 11.6 Å². The Hall–Kier alpha value is -3.69. The number of benzene rings is 1. The van der Waals surface area contributed by atoms with Crippen LogP contribution >= 0.6 is 11.6 Å². The van der Waals surface area contributed by atoms with Crippen molar-refractivity contribution in [1.29, 1.82) is 5.26 Å². The number of rotatable bonds is 6. The number of aromatic nitrogens is 2. The number of fused-ring (bicyclic) bond motifs is 2. The van der Waals surface area contributed by atoms with Gasteiger partial charge in [0.25, 0.3) is 5.69 Å². The Kier molecular flexibility index (Phi) is 7.46. The molecule has 2 unspecified atom stereocenters. The predicted molar refractivity (Wildman–Crippen MR) is 142 cm³/mol. The lowest BCUT2D eigenvalue weighted by atomic mass is 9.63. The van der Waals surface area contributed by atoms with Gasteiger partial charge in [-0.25, -0.2) is 9.37 Å². The van der Waals surface area contributed by atoms with Crippen LogP contribution in [-0.2, 0) is 16.6 Å². The van der Waals surface area contributed by atoms with Crippen molar-refractivity contribution in [3.63, 3.8) is 0 Å². The van der Waals surface area contributed by atoms with Crippen molar-refractivity contribution in [1.82, 2.24) is 14.9 Å². The fourth-order valence-corrected chi connectivity index (χ4v) is 6.88. The van der Waals surface area contributed by atoms with Gasteiger partial charge in [-0.2, -0.15) is 10.2 Å². The highest BCUT2D eigenvalue weighted by Crippen LogP contribution is 2.51. The molecule has 5 atom stereocenters. The van der Waals surface area contributed by atoms with Gasteiger partial charge in [0.2, 0.25) is 5.88 Å². The van der Waals surface area contributed by atoms with E-state index < -0.39 is 28.5 Å². The van der Waals surface area contributed by atoms with Crippen molar-refractivity contribution in [3.8, 4) is 11.9 Å². The number of carbonyl (C=O) groups is 1. The lowest BCUT2D eigenvalue weighted by molar-refractivity contribution is -0.385. The molecule has 1 spiro atoms. The second kappa shape index (κ2) is 10.7. The Bertz CT molecular complexity index is 1440. The molecule has 1 saturated carbocycles. The van der Waals surface area contributed by atoms with E-state index in [1.165, 1.54) is 12.1 Å². The molecular formula is C27H28ClFN6O5. The van der Waals surface area contributed by atoms with Crippen LogP contribution in [0.15, 0.2) is 23.4 Å². The molecule has 2 heterocycles. The number of carbonyl (C=O) groups excluding carboxylic acids is 1. The van der Waals surface area contributed by atoms with Gasteiger partial charge in [0.05, 0.1) is 16.3 Å². The summed E-state index contributed by atoms with van der Waals surface area (Å²) in [5.74, 6) is -1.24. The number of halogens is 2. The summed E-state index contributed by atoms with van der Waals surface area (Å²) in [6.07, 6.45) is 1.10. The number of likely N-dealkylation sites (N-methyl/N-ethyl adjacent to an activating group) is 1. The summed E-state index contributed by atoms with van der Waals surface area (Å²) >= 11 is 6.27. The molecule has 2 fully saturated rings. The Labute approximate surface area is 234 Å². The minimum atomic E-state index is -1.13. The van der Waals surface area contributed by atoms with Gasteiger partial charge in [0, 0.05) is 24.7 Å². The smallest absolute Gasteiger partial charge is 0.287 e. The Morgan fingerprint density at radius 2 is 2.20 bits per heavy atom. The van der Waals surface area contributed by atoms with Crippen LogP contribution < -0.4 is 4.74 Å². The standard InChI is InChI=1S/C27H28ClFN6O5/c1-14(20-10-16(29)13-34(20)2)40-22-11-21(28)31-26(32-22)24(33-37)17-4-3-8-27(25(17)36)9-7-15-5-6-19(35(38)39)18(12-30)23(15)27/h5-6,11,14,16-17,20,37H,3-4,7-10,13H2,1-2H3/b33-24-/t14-,16+,17?,20-,27?/m0/s1. The number of ether oxygens (including phenoxy) is 1. The monoisotopic (exact) mass is 570 g/mol. The van der Waals surface area contributed by atoms with Crippen LogP contribution in [0.2, 0.25) is 5.15 Å². The van der Waals surface area contributed by atoms with Crippen LogP contribution in [0.5, 0.6) is 5.88 Å². The average molecular weight is 571 g/mol. The number of alkyl halides is 1. The second-order valence-electron chi connectivity index (χ2n) is 10.8. The molecule has 1 N–H and O–H groups in total. The molecular weight excluding hydrogens is 543 g/mol. The van der Waals surface area contributed by atoms with Gasteiger partial charge in [-0.1, -0.05) is 29.2 Å². The number of nitro groups is 1. The SMILES string of the molecule is C[C@H](Oc1cc(Cl)nc(/C(=N\O)C2CCCC3(CCc4ccc([N+](=O)[O-])c(C#N)c43)C2=O)n1)[C@@H]1C[C@@H](F)CN1C. The molecule has 5 rings (SSSR count). The van der Waals surface area contributed by atoms with E-state index in [1.807, 2.05) is 18.0 Å². The summed E-state index contributed by atoms with van der Waals surface area (Å²) < 4.78 is 19.9. The van der Waals surface area contributed by atoms with Crippen molar-refractivity contribution in [2.24, 2.45) is 11.1 Å². The number of nitrogens with zero attached hydrogens (tertiary/aromatic N) is 6. The average Bonchev–Trinajstić information content (AvgIpc) is 3.45. The van der Waals surface area contributed by atoms with Crippen molar-refractivity contribution < 1.29 is 24.1 Å². The van der Waals surface area contributed by atoms with Gasteiger partial charge < -0.3 is 9.94 Å². The Balaban J connectivity index is 1.48. The number of hydrogen-bond donors (Lipinski definition) is 1. The number of nitriles is 1. The van der Waals surface area contributed by atoms with Crippen LogP contribution in [0.3, 0.4) is 0 Å². The van der Waals surface area contributed by atoms with E-state index in [-0.39, 0.29) is 45.6 Å². The van der Waals surface area contributed by atoms with E-state index in [0.29, 0.717) is 50.6 Å². The summed E-state index contributed by atoms with van der Waals surface area (Å²) in [5.41, 5.74) is -0.541. The highest BCUT2D eigenvalue weighted by Gasteiger charge is 2.53. The molecule has 11 nitrogen and oxygen atoms in total. The molecule has 13 heteroatoms. The highest BCUT2D eigenvalue weighted by atomic mass is 35.5. The molecule has 2 aliphatic carbocycles. The summed E-state index contributed by atoms with van der Waals surface area (Å²) in [6, 6.07) is 6.09. The van der Waals surface area contributed by atoms with Crippen molar-refractivity contribution >= 4 is 28.8 Å². The number of oxime groups is 1. The first-order valence-electron chi connectivity index (χ1n) is 13.1. The van der Waals surface area contributed by atoms with Crippen LogP contribution in [0, 0.1) is 27.4 Å². The van der Waals surface area contributed by atoms with Crippen LogP contribution in [0.25, 0.3) is 0 Å². The fourth-order valence-electron chi connectivity index (χ4n) is 6.71. The topological polar surface area (TPSA) is 155 Å². The molecule has 1 aliphatic heterocycles. The largest absolute Gasteiger partial charge is 0.473 e. The van der Waals surface area contributed by atoms with Crippen molar-refractivity contribution in [2.75, 3.05) is 13.6 Å². The predicted octanol–water partition coefficient (Wildman–Crippen LogP) is 4.15. The van der Waals surface area contributed by atoms with Crippen LogP contribution in [0.4, 0.5) is 10.1 Å². The van der Waals surface area contributed by atoms with Crippen molar-refractivity contribution in [3.05, 3.63) is 56.0 Å². The van der Waals surface area contributed by atoms with E-state index in [9.17, 15) is 29.8 Å². The molecule has 210 valence electrons. The summed E-state index contributed by atoms with van der Waals surface area (Å²) in [5, 5.41) is 35.0. The van der Waals surface area contributed by atoms with E-state index in [0.717, 1.165) is 5.56 Å². The number of ketones is 1. The maximum Gasteiger partial charge on any atom is 0.287 e. The van der Waals surface area contributed by atoms with Gasteiger partial charge in [-0.15, -0.1) is 0 Å². The van der Waals surface area contributed by atoms with Crippen molar-refractivity contribution in [2.45, 2.75) is 69.2 Å². The number of Topliss-reactive ketones (excluding diaryl/α,β-unsaturated/α-hetero) is 1. The number of nitro benzene ring substituents is 1. The number of hydrogen-bond acceptors (Lipinski definition) is 10. The zero-order valence-corrected chi connectivity index (χ0v) is 22.8. The first-order chi connectivity index (χ1) is 19.1. The Morgan fingerprint density at radius 3 is 2.85 bits per heavy atom. The first-order valence-corrected chi connectivity index (χ1v) is 13.5. The maximum absolute atomic E-state index is 14.2. The Morgan fingerprint density at radius 1 is 1.43 bits per heavy atom. The highest BCUT2D eigenvalue weighted by molar-refractivity contribution is 6.29. The molecule has 0 radical (unpaired) electrons. The molecule has 1 aromatic carbocycles. The zero-order valence-electron chi connectivity index (χ0n) is 22.0. The second-order valence-corrected chi connectivity index (χ2v) is 11.1. The maximum atomic E-state index is 14.2. The third kappa shape index (κ3) is 4.67. The van der Waals surface area contributed by atoms with Crippen LogP contribution in [0.1, 0.15) is 61.5 Å². The zero-order chi connectivity index (χ0) is 28.8. The lowest BCUT2D eigenvalue weighted by Crippen LogP contribution is -2.45. The minimum absolute atomic E-state index is 0.00284. The molecule has 0 bridgehead atoms. The van der Waals surface area contributed by atoms with E-state index in [4.69, 9.17) is 16.3 Å². The first kappa shape index (κ1) is 27.9. The molecule has 2 aromatic rings. The van der Waals surface area contributed by atoms with E-state index >= 15 is 0 Å². The van der Waals surface area contributed by atoms with Gasteiger partial charge in [0.1, 0.15) is 34.8 Å². The van der Waals surface area contributed by atoms with Gasteiger partial charge in [-0.3, -0.25) is 19.8 Å². The summed E-state index contributed by atoms with van der Waals surface area (Å²) in [4.78, 5) is 35.7. The van der Waals surface area contributed by atoms with Gasteiger partial charge in [-0.05, 0) is 57.2 Å². The number of likely N-dealkylation sites (tertiary alicyclic amines) is 1. The molecule has 1 aromatic heterocycles. The fraction of sp³-hybridized carbons (Fsp3) is 0.519. The third-order valence-corrected chi connectivity index (χ3v) is 8.69. The number of aryl methyl sites for hydroxylation is 1.